The summed E-state index contributed by atoms with van der Waals surface area (Å²) in [7, 11) is 3.17. The summed E-state index contributed by atoms with van der Waals surface area (Å²) >= 11 is 12.3. The van der Waals surface area contributed by atoms with Gasteiger partial charge in [-0.25, -0.2) is 0 Å². The van der Waals surface area contributed by atoms with Crippen LogP contribution in [0.2, 0.25) is 10.0 Å². The molecule has 0 spiro atoms. The van der Waals surface area contributed by atoms with Crippen molar-refractivity contribution in [2.45, 2.75) is 70.5 Å². The van der Waals surface area contributed by atoms with Crippen LogP contribution in [0, 0.1) is 0 Å². The molecular formula is C27H34Cl2N2O4. The molecule has 1 aliphatic carbocycles. The van der Waals surface area contributed by atoms with Crippen molar-refractivity contribution in [1.82, 2.24) is 10.2 Å². The monoisotopic (exact) mass is 520 g/mol. The average molecular weight is 521 g/mol. The number of carbonyl (C=O) groups is 2. The van der Waals surface area contributed by atoms with Gasteiger partial charge in [0.05, 0.1) is 24.3 Å². The van der Waals surface area contributed by atoms with E-state index in [1.807, 2.05) is 31.2 Å². The number of ether oxygens (including phenoxy) is 2. The highest BCUT2D eigenvalue weighted by atomic mass is 35.5. The number of hydrogen-bond acceptors (Lipinski definition) is 4. The Hall–Kier alpha value is -2.44. The fourth-order valence-electron chi connectivity index (χ4n) is 4.55. The zero-order valence-corrected chi connectivity index (χ0v) is 22.1. The molecule has 3 rings (SSSR count). The fraction of sp³-hybridized carbons (Fsp3) is 0.481. The van der Waals surface area contributed by atoms with E-state index in [0.29, 0.717) is 34.4 Å². The molecule has 0 aromatic heterocycles. The van der Waals surface area contributed by atoms with Crippen molar-refractivity contribution in [1.29, 1.82) is 0 Å². The molecular weight excluding hydrogens is 487 g/mol. The molecule has 0 aliphatic heterocycles. The molecule has 0 saturated heterocycles. The maximum atomic E-state index is 13.5. The van der Waals surface area contributed by atoms with Crippen LogP contribution < -0.4 is 14.8 Å². The van der Waals surface area contributed by atoms with Crippen molar-refractivity contribution in [3.63, 3.8) is 0 Å². The lowest BCUT2D eigenvalue weighted by molar-refractivity contribution is -0.141. The fourth-order valence-corrected chi connectivity index (χ4v) is 4.87. The second kappa shape index (κ2) is 13.0. The number of methoxy groups -OCH3 is 2. The van der Waals surface area contributed by atoms with E-state index in [-0.39, 0.29) is 30.8 Å². The molecule has 35 heavy (non-hydrogen) atoms. The van der Waals surface area contributed by atoms with Gasteiger partial charge in [-0.15, -0.1) is 0 Å². The van der Waals surface area contributed by atoms with Gasteiger partial charge in [-0.2, -0.15) is 0 Å². The molecule has 2 aromatic carbocycles. The summed E-state index contributed by atoms with van der Waals surface area (Å²) in [6.07, 6.45) is 5.51. The number of halogens is 2. The number of hydrogen-bond donors (Lipinski definition) is 1. The van der Waals surface area contributed by atoms with Crippen molar-refractivity contribution in [3.05, 3.63) is 57.6 Å². The van der Waals surface area contributed by atoms with Crippen molar-refractivity contribution < 1.29 is 19.1 Å². The lowest BCUT2D eigenvalue weighted by Crippen LogP contribution is -2.51. The molecule has 1 unspecified atom stereocenters. The van der Waals surface area contributed by atoms with E-state index >= 15 is 0 Å². The first-order chi connectivity index (χ1) is 16.9. The van der Waals surface area contributed by atoms with Crippen LogP contribution in [0.25, 0.3) is 0 Å². The van der Waals surface area contributed by atoms with Crippen molar-refractivity contribution in [2.75, 3.05) is 14.2 Å². The number of carbonyl (C=O) groups excluding carboxylic acids is 2. The third kappa shape index (κ3) is 7.28. The van der Waals surface area contributed by atoms with Crippen LogP contribution in [-0.2, 0) is 22.6 Å². The van der Waals surface area contributed by atoms with Crippen LogP contribution in [-0.4, -0.2) is 43.0 Å². The van der Waals surface area contributed by atoms with E-state index in [1.165, 1.54) is 0 Å². The normalized spacial score (nSPS) is 14.4. The van der Waals surface area contributed by atoms with Crippen LogP contribution in [0.4, 0.5) is 0 Å². The van der Waals surface area contributed by atoms with Gasteiger partial charge in [0.1, 0.15) is 6.04 Å². The highest BCUT2D eigenvalue weighted by molar-refractivity contribution is 6.42. The molecule has 1 aliphatic rings. The van der Waals surface area contributed by atoms with E-state index in [4.69, 9.17) is 32.7 Å². The number of nitrogens with zero attached hydrogens (tertiary/aromatic N) is 1. The Kier molecular flexibility index (Phi) is 10.1. The molecule has 190 valence electrons. The number of amides is 2. The topological polar surface area (TPSA) is 67.9 Å². The molecule has 1 saturated carbocycles. The number of rotatable bonds is 11. The standard InChI is InChI=1S/C27H34Cl2N2O4/c1-4-23(27(33)30-20-7-5-6-8-20)31(17-19-9-12-21(28)22(29)15-19)26(32)14-11-18-10-13-24(34-2)25(16-18)35-3/h9-10,12-13,15-16,20,23H,4-8,11,14,17H2,1-3H3,(H,30,33). The van der Waals surface area contributed by atoms with Gasteiger partial charge in [-0.1, -0.05) is 55.1 Å². The van der Waals surface area contributed by atoms with Gasteiger partial charge in [-0.3, -0.25) is 9.59 Å². The summed E-state index contributed by atoms with van der Waals surface area (Å²) < 4.78 is 10.7. The molecule has 0 bridgehead atoms. The van der Waals surface area contributed by atoms with Gasteiger partial charge in [-0.05, 0) is 61.1 Å². The summed E-state index contributed by atoms with van der Waals surface area (Å²) in [6, 6.07) is 10.5. The Labute approximate surface area is 217 Å². The van der Waals surface area contributed by atoms with Crippen LogP contribution in [0.3, 0.4) is 0 Å². The first-order valence-electron chi connectivity index (χ1n) is 12.1. The van der Waals surface area contributed by atoms with Gasteiger partial charge in [0, 0.05) is 19.0 Å². The van der Waals surface area contributed by atoms with Gasteiger partial charge in [0.25, 0.3) is 0 Å². The summed E-state index contributed by atoms with van der Waals surface area (Å²) in [5.74, 6) is 1.06. The van der Waals surface area contributed by atoms with Crippen molar-refractivity contribution >= 4 is 35.0 Å². The molecule has 1 fully saturated rings. The maximum Gasteiger partial charge on any atom is 0.243 e. The van der Waals surface area contributed by atoms with Crippen LogP contribution in [0.1, 0.15) is 56.6 Å². The Bertz CT molecular complexity index is 1020. The Morgan fingerprint density at radius 3 is 2.31 bits per heavy atom. The van der Waals surface area contributed by atoms with E-state index in [1.54, 1.807) is 31.3 Å². The Morgan fingerprint density at radius 1 is 1.00 bits per heavy atom. The molecule has 2 amide bonds. The molecule has 0 heterocycles. The number of benzene rings is 2. The lowest BCUT2D eigenvalue weighted by atomic mass is 10.1. The zero-order chi connectivity index (χ0) is 25.4. The Balaban J connectivity index is 1.79. The third-order valence-electron chi connectivity index (χ3n) is 6.50. The van der Waals surface area contributed by atoms with E-state index in [0.717, 1.165) is 36.8 Å². The smallest absolute Gasteiger partial charge is 0.243 e. The second-order valence-corrected chi connectivity index (χ2v) is 9.69. The maximum absolute atomic E-state index is 13.5. The van der Waals surface area contributed by atoms with Gasteiger partial charge >= 0.3 is 0 Å². The zero-order valence-electron chi connectivity index (χ0n) is 20.6. The van der Waals surface area contributed by atoms with Gasteiger partial charge in [0.2, 0.25) is 11.8 Å². The van der Waals surface area contributed by atoms with Crippen molar-refractivity contribution in [2.24, 2.45) is 0 Å². The minimum atomic E-state index is -0.567. The minimum absolute atomic E-state index is 0.0979. The van der Waals surface area contributed by atoms with E-state index in [9.17, 15) is 9.59 Å². The second-order valence-electron chi connectivity index (χ2n) is 8.87. The first kappa shape index (κ1) is 27.2. The van der Waals surface area contributed by atoms with Gasteiger partial charge < -0.3 is 19.7 Å². The number of nitrogens with one attached hydrogen (secondary N) is 1. The summed E-state index contributed by atoms with van der Waals surface area (Å²) in [5.41, 5.74) is 1.78. The molecule has 1 N–H and O–H groups in total. The van der Waals surface area contributed by atoms with Crippen LogP contribution >= 0.6 is 23.2 Å². The molecule has 0 radical (unpaired) electrons. The van der Waals surface area contributed by atoms with E-state index < -0.39 is 6.04 Å². The van der Waals surface area contributed by atoms with Crippen LogP contribution in [0.15, 0.2) is 36.4 Å². The molecule has 8 heteroatoms. The van der Waals surface area contributed by atoms with Crippen LogP contribution in [0.5, 0.6) is 11.5 Å². The number of aryl methyl sites for hydroxylation is 1. The molecule has 6 nitrogen and oxygen atoms in total. The van der Waals surface area contributed by atoms with Crippen molar-refractivity contribution in [3.8, 4) is 11.5 Å². The average Bonchev–Trinajstić information content (AvgIpc) is 3.37. The quantitative estimate of drug-likeness (QED) is 0.405. The summed E-state index contributed by atoms with van der Waals surface area (Å²) in [4.78, 5) is 28.4. The predicted octanol–water partition coefficient (Wildman–Crippen LogP) is 5.81. The largest absolute Gasteiger partial charge is 0.493 e. The summed E-state index contributed by atoms with van der Waals surface area (Å²) in [5, 5.41) is 4.04. The molecule has 1 atom stereocenters. The summed E-state index contributed by atoms with van der Waals surface area (Å²) in [6.45, 7) is 2.21. The SMILES string of the molecule is CCC(C(=O)NC1CCCC1)N(Cc1ccc(Cl)c(Cl)c1)C(=O)CCc1ccc(OC)c(OC)c1. The third-order valence-corrected chi connectivity index (χ3v) is 7.24. The van der Waals surface area contributed by atoms with Gasteiger partial charge in [0.15, 0.2) is 11.5 Å². The Morgan fingerprint density at radius 2 is 1.69 bits per heavy atom. The highest BCUT2D eigenvalue weighted by Crippen LogP contribution is 2.29. The lowest BCUT2D eigenvalue weighted by Gasteiger charge is -2.31. The van der Waals surface area contributed by atoms with E-state index in [2.05, 4.69) is 5.32 Å². The minimum Gasteiger partial charge on any atom is -0.493 e. The molecule has 2 aromatic rings. The predicted molar refractivity (Wildman–Crippen MR) is 139 cm³/mol. The highest BCUT2D eigenvalue weighted by Gasteiger charge is 2.30. The first-order valence-corrected chi connectivity index (χ1v) is 12.9.